The van der Waals surface area contributed by atoms with Crippen molar-refractivity contribution in [3.63, 3.8) is 0 Å². The van der Waals surface area contributed by atoms with Gasteiger partial charge in [-0.15, -0.1) is 0 Å². The van der Waals surface area contributed by atoms with Gasteiger partial charge in [0.05, 0.1) is 0 Å². The molecule has 27 heavy (non-hydrogen) atoms. The van der Waals surface area contributed by atoms with Crippen LogP contribution in [0.4, 0.5) is 0 Å². The summed E-state index contributed by atoms with van der Waals surface area (Å²) in [5, 5.41) is 5.81. The molecule has 5 fully saturated rings. The Hall–Kier alpha value is -1.59. The molecule has 0 aromatic carbocycles. The average Bonchev–Trinajstić information content (AvgIpc) is 3.39. The summed E-state index contributed by atoms with van der Waals surface area (Å²) >= 11 is 0. The third-order valence-corrected chi connectivity index (χ3v) is 7.02. The lowest BCUT2D eigenvalue weighted by molar-refractivity contribution is -0.157. The van der Waals surface area contributed by atoms with Crippen molar-refractivity contribution >= 4 is 17.8 Å². The molecule has 0 aromatic rings. The van der Waals surface area contributed by atoms with Crippen LogP contribution in [-0.2, 0) is 19.1 Å². The fraction of sp³-hybridized carbons (Fsp3) is 0.857. The van der Waals surface area contributed by atoms with E-state index in [0.717, 1.165) is 32.1 Å². The number of esters is 1. The monoisotopic (exact) mass is 376 g/mol. The van der Waals surface area contributed by atoms with Gasteiger partial charge in [0.15, 0.2) is 6.61 Å². The molecule has 0 aromatic heterocycles. The van der Waals surface area contributed by atoms with Gasteiger partial charge in [-0.2, -0.15) is 0 Å². The van der Waals surface area contributed by atoms with E-state index in [9.17, 15) is 14.4 Å². The van der Waals surface area contributed by atoms with Crippen molar-refractivity contribution < 1.29 is 19.1 Å². The topological polar surface area (TPSA) is 84.5 Å². The molecule has 150 valence electrons. The van der Waals surface area contributed by atoms with E-state index in [4.69, 9.17) is 4.74 Å². The highest BCUT2D eigenvalue weighted by atomic mass is 16.5. The van der Waals surface area contributed by atoms with Crippen molar-refractivity contribution in [1.82, 2.24) is 10.6 Å². The number of nitrogens with one attached hydrogen (secondary N) is 2. The van der Waals surface area contributed by atoms with Crippen molar-refractivity contribution in [2.75, 3.05) is 6.61 Å². The molecule has 0 aliphatic heterocycles. The molecule has 0 unspecified atom stereocenters. The van der Waals surface area contributed by atoms with E-state index in [-0.39, 0.29) is 35.8 Å². The average molecular weight is 376 g/mol. The summed E-state index contributed by atoms with van der Waals surface area (Å²) in [5.74, 6) is 1.21. The van der Waals surface area contributed by atoms with E-state index < -0.39 is 12.0 Å². The molecule has 4 bridgehead atoms. The molecular formula is C21H32N2O4. The van der Waals surface area contributed by atoms with Gasteiger partial charge in [0.25, 0.3) is 5.91 Å². The molecule has 0 radical (unpaired) electrons. The minimum absolute atomic E-state index is 0.0275. The Morgan fingerprint density at radius 3 is 2.04 bits per heavy atom. The van der Waals surface area contributed by atoms with Crippen LogP contribution >= 0.6 is 0 Å². The van der Waals surface area contributed by atoms with Gasteiger partial charge < -0.3 is 15.4 Å². The van der Waals surface area contributed by atoms with Crippen LogP contribution in [0.15, 0.2) is 0 Å². The SMILES string of the molecule is CC(C)[C@@H](NC(=O)C12CC3CC(CC(C3)C1)C2)C(=O)OCC(=O)NC1CC1. The van der Waals surface area contributed by atoms with Crippen molar-refractivity contribution in [3.8, 4) is 0 Å². The van der Waals surface area contributed by atoms with Crippen LogP contribution in [0.5, 0.6) is 0 Å². The van der Waals surface area contributed by atoms with Crippen LogP contribution < -0.4 is 10.6 Å². The van der Waals surface area contributed by atoms with Crippen LogP contribution in [0.2, 0.25) is 0 Å². The molecule has 6 heteroatoms. The summed E-state index contributed by atoms with van der Waals surface area (Å²) in [4.78, 5) is 37.5. The normalized spacial score (nSPS) is 35.0. The molecule has 2 N–H and O–H groups in total. The van der Waals surface area contributed by atoms with Gasteiger partial charge in [0.1, 0.15) is 6.04 Å². The summed E-state index contributed by atoms with van der Waals surface area (Å²) in [6.07, 6.45) is 8.72. The van der Waals surface area contributed by atoms with Gasteiger partial charge in [-0.05, 0) is 75.0 Å². The van der Waals surface area contributed by atoms with Crippen LogP contribution in [-0.4, -0.2) is 36.5 Å². The number of ether oxygens (including phenoxy) is 1. The standard InChI is InChI=1S/C21H32N2O4/c1-12(2)18(19(25)27-11-17(24)22-16-3-4-16)23-20(26)21-8-13-5-14(9-21)7-15(6-13)10-21/h12-16,18H,3-11H2,1-2H3,(H,22,24)(H,23,26)/t13?,14?,15?,18-,21?/m1/s1. The molecular weight excluding hydrogens is 344 g/mol. The number of amides is 2. The molecule has 0 heterocycles. The third kappa shape index (κ3) is 3.99. The summed E-state index contributed by atoms with van der Waals surface area (Å²) in [6.45, 7) is 3.53. The molecule has 5 saturated carbocycles. The van der Waals surface area contributed by atoms with Crippen LogP contribution in [0.25, 0.3) is 0 Å². The van der Waals surface area contributed by atoms with Crippen molar-refractivity contribution in [3.05, 3.63) is 0 Å². The van der Waals surface area contributed by atoms with E-state index in [2.05, 4.69) is 10.6 Å². The van der Waals surface area contributed by atoms with E-state index >= 15 is 0 Å². The zero-order valence-electron chi connectivity index (χ0n) is 16.5. The maximum atomic E-state index is 13.2. The molecule has 5 aliphatic rings. The smallest absolute Gasteiger partial charge is 0.329 e. The highest BCUT2D eigenvalue weighted by Crippen LogP contribution is 2.60. The molecule has 0 saturated heterocycles. The second-order valence-electron chi connectivity index (χ2n) is 9.84. The second kappa shape index (κ2) is 7.10. The van der Waals surface area contributed by atoms with Crippen LogP contribution in [0.1, 0.15) is 65.2 Å². The fourth-order valence-electron chi connectivity index (χ4n) is 5.90. The Morgan fingerprint density at radius 1 is 1.00 bits per heavy atom. The Kier molecular flexibility index (Phi) is 4.93. The summed E-state index contributed by atoms with van der Waals surface area (Å²) in [5.41, 5.74) is -0.286. The predicted octanol–water partition coefficient (Wildman–Crippen LogP) is 2.17. The lowest BCUT2D eigenvalue weighted by atomic mass is 9.49. The van der Waals surface area contributed by atoms with Crippen molar-refractivity contribution in [2.24, 2.45) is 29.1 Å². The van der Waals surface area contributed by atoms with E-state index in [1.165, 1.54) is 19.3 Å². The van der Waals surface area contributed by atoms with Gasteiger partial charge >= 0.3 is 5.97 Å². The number of hydrogen-bond donors (Lipinski definition) is 2. The zero-order chi connectivity index (χ0) is 19.2. The van der Waals surface area contributed by atoms with Crippen molar-refractivity contribution in [2.45, 2.75) is 77.3 Å². The van der Waals surface area contributed by atoms with E-state index in [0.29, 0.717) is 17.8 Å². The van der Waals surface area contributed by atoms with Gasteiger partial charge in [0, 0.05) is 11.5 Å². The molecule has 5 aliphatic carbocycles. The van der Waals surface area contributed by atoms with E-state index in [1.54, 1.807) is 0 Å². The zero-order valence-corrected chi connectivity index (χ0v) is 16.5. The first-order valence-corrected chi connectivity index (χ1v) is 10.6. The Balaban J connectivity index is 1.35. The molecule has 5 rings (SSSR count). The number of rotatable bonds is 7. The lowest BCUT2D eigenvalue weighted by Gasteiger charge is -2.55. The van der Waals surface area contributed by atoms with E-state index in [1.807, 2.05) is 13.8 Å². The summed E-state index contributed by atoms with van der Waals surface area (Å²) in [6, 6.07) is -0.452. The quantitative estimate of drug-likeness (QED) is 0.667. The molecule has 6 nitrogen and oxygen atoms in total. The fourth-order valence-corrected chi connectivity index (χ4v) is 5.90. The Bertz CT molecular complexity index is 590. The Morgan fingerprint density at radius 2 is 1.56 bits per heavy atom. The van der Waals surface area contributed by atoms with Gasteiger partial charge in [0.2, 0.25) is 5.91 Å². The largest absolute Gasteiger partial charge is 0.454 e. The highest BCUT2D eigenvalue weighted by molar-refractivity contribution is 5.89. The van der Waals surface area contributed by atoms with Gasteiger partial charge in [-0.25, -0.2) is 4.79 Å². The summed E-state index contributed by atoms with van der Waals surface area (Å²) in [7, 11) is 0. The minimum Gasteiger partial charge on any atom is -0.454 e. The predicted molar refractivity (Wildman–Crippen MR) is 99.5 cm³/mol. The van der Waals surface area contributed by atoms with Crippen molar-refractivity contribution in [1.29, 1.82) is 0 Å². The van der Waals surface area contributed by atoms with Gasteiger partial charge in [-0.1, -0.05) is 13.8 Å². The van der Waals surface area contributed by atoms with Gasteiger partial charge in [-0.3, -0.25) is 9.59 Å². The maximum Gasteiger partial charge on any atom is 0.329 e. The highest BCUT2D eigenvalue weighted by Gasteiger charge is 2.55. The number of carbonyl (C=O) groups is 3. The first-order valence-electron chi connectivity index (χ1n) is 10.6. The van der Waals surface area contributed by atoms with Crippen LogP contribution in [0.3, 0.4) is 0 Å². The molecule has 2 amide bonds. The number of carbonyl (C=O) groups excluding carboxylic acids is 3. The second-order valence-corrected chi connectivity index (χ2v) is 9.84. The molecule has 1 atom stereocenters. The minimum atomic E-state index is -0.695. The maximum absolute atomic E-state index is 13.2. The number of hydrogen-bond acceptors (Lipinski definition) is 4. The van der Waals surface area contributed by atoms with Crippen LogP contribution in [0, 0.1) is 29.1 Å². The first-order chi connectivity index (χ1) is 12.8. The first kappa shape index (κ1) is 18.8. The molecule has 0 spiro atoms. The lowest BCUT2D eigenvalue weighted by Crippen LogP contribution is -2.57. The third-order valence-electron chi connectivity index (χ3n) is 7.02. The Labute approximate surface area is 161 Å². The summed E-state index contributed by atoms with van der Waals surface area (Å²) < 4.78 is 5.21.